The van der Waals surface area contributed by atoms with Crippen molar-refractivity contribution in [2.75, 3.05) is 5.75 Å². The van der Waals surface area contributed by atoms with E-state index in [-0.39, 0.29) is 11.3 Å². The molecular formula is C13H14N2O4S. The van der Waals surface area contributed by atoms with Crippen LogP contribution in [0.15, 0.2) is 24.5 Å². The van der Waals surface area contributed by atoms with Crippen LogP contribution in [-0.4, -0.2) is 39.5 Å². The van der Waals surface area contributed by atoms with Crippen molar-refractivity contribution in [2.45, 2.75) is 25.3 Å². The minimum atomic E-state index is -0.744. The van der Waals surface area contributed by atoms with Crippen molar-refractivity contribution in [3.8, 4) is 0 Å². The average molecular weight is 294 g/mol. The minimum absolute atomic E-state index is 0.241. The number of hydrogen-bond acceptors (Lipinski definition) is 6. The van der Waals surface area contributed by atoms with Crippen LogP contribution in [0, 0.1) is 0 Å². The Hall–Kier alpha value is -1.89. The number of hydrogen-bond donors (Lipinski definition) is 0. The summed E-state index contributed by atoms with van der Waals surface area (Å²) in [5.41, 5.74) is 0.839. The molecule has 106 valence electrons. The fraction of sp³-hybridized carbons (Fsp3) is 0.385. The molecule has 1 amide bonds. The minimum Gasteiger partial charge on any atom is -0.392 e. The van der Waals surface area contributed by atoms with Crippen molar-refractivity contribution >= 4 is 29.6 Å². The number of nitrogens with zero attached hydrogens (tertiary/aromatic N) is 2. The molecule has 0 aliphatic carbocycles. The van der Waals surface area contributed by atoms with Crippen molar-refractivity contribution in [2.24, 2.45) is 0 Å². The zero-order valence-electron chi connectivity index (χ0n) is 11.1. The molecular weight excluding hydrogens is 280 g/mol. The number of pyridine rings is 1. The lowest BCUT2D eigenvalue weighted by molar-refractivity contribution is -0.163. The Morgan fingerprint density at radius 1 is 1.40 bits per heavy atom. The molecule has 0 radical (unpaired) electrons. The molecule has 1 fully saturated rings. The molecule has 1 aliphatic rings. The van der Waals surface area contributed by atoms with E-state index in [1.54, 1.807) is 18.5 Å². The Kier molecular flexibility index (Phi) is 4.39. The molecule has 20 heavy (non-hydrogen) atoms. The molecule has 0 N–H and O–H groups in total. The maximum absolute atomic E-state index is 11.9. The van der Waals surface area contributed by atoms with E-state index in [9.17, 15) is 14.4 Å². The Morgan fingerprint density at radius 2 is 2.15 bits per heavy atom. The van der Waals surface area contributed by atoms with E-state index < -0.39 is 18.0 Å². The smallest absolute Gasteiger partial charge is 0.337 e. The van der Waals surface area contributed by atoms with Crippen LogP contribution >= 0.6 is 11.8 Å². The molecule has 6 nitrogen and oxygen atoms in total. The summed E-state index contributed by atoms with van der Waals surface area (Å²) >= 11 is 1.45. The third kappa shape index (κ3) is 2.98. The number of aromatic nitrogens is 1. The third-order valence-corrected chi connectivity index (χ3v) is 4.17. The maximum atomic E-state index is 11.9. The second kappa shape index (κ2) is 6.04. The summed E-state index contributed by atoms with van der Waals surface area (Å²) in [4.78, 5) is 40.0. The van der Waals surface area contributed by atoms with E-state index in [0.717, 1.165) is 12.5 Å². The van der Waals surface area contributed by atoms with Crippen LogP contribution in [0.5, 0.6) is 0 Å². The Bertz CT molecular complexity index is 534. The van der Waals surface area contributed by atoms with Crippen molar-refractivity contribution in [1.82, 2.24) is 9.88 Å². The van der Waals surface area contributed by atoms with Gasteiger partial charge in [-0.3, -0.25) is 14.6 Å². The Morgan fingerprint density at radius 3 is 2.70 bits per heavy atom. The Labute approximate surface area is 120 Å². The summed E-state index contributed by atoms with van der Waals surface area (Å²) < 4.78 is 4.60. The standard InChI is InChI=1S/C13H14N2O4S/c1-8(16)15-11(13(18)19-9(2)17)7-20-12(15)10-4-3-5-14-6-10/h3-6,11-12H,7H2,1-2H3. The summed E-state index contributed by atoms with van der Waals surface area (Å²) in [6.07, 6.45) is 3.30. The number of amides is 1. The fourth-order valence-electron chi connectivity index (χ4n) is 2.06. The summed E-state index contributed by atoms with van der Waals surface area (Å²) in [5, 5.41) is -0.286. The van der Waals surface area contributed by atoms with Gasteiger partial charge in [-0.1, -0.05) is 6.07 Å². The second-order valence-electron chi connectivity index (χ2n) is 4.33. The van der Waals surface area contributed by atoms with Gasteiger partial charge in [0.2, 0.25) is 5.91 Å². The van der Waals surface area contributed by atoms with Crippen molar-refractivity contribution < 1.29 is 19.1 Å². The predicted octanol–water partition coefficient (Wildman–Crippen LogP) is 1.13. The van der Waals surface area contributed by atoms with Crippen LogP contribution in [0.25, 0.3) is 0 Å². The van der Waals surface area contributed by atoms with Gasteiger partial charge in [-0.2, -0.15) is 0 Å². The van der Waals surface area contributed by atoms with Crippen LogP contribution in [0.3, 0.4) is 0 Å². The molecule has 7 heteroatoms. The lowest BCUT2D eigenvalue weighted by Crippen LogP contribution is -2.43. The molecule has 2 atom stereocenters. The van der Waals surface area contributed by atoms with Gasteiger partial charge in [0.15, 0.2) is 0 Å². The highest BCUT2D eigenvalue weighted by atomic mass is 32.2. The summed E-state index contributed by atoms with van der Waals surface area (Å²) in [6, 6.07) is 2.88. The van der Waals surface area contributed by atoms with Gasteiger partial charge in [0.25, 0.3) is 0 Å². The zero-order chi connectivity index (χ0) is 14.7. The van der Waals surface area contributed by atoms with Gasteiger partial charge in [0.1, 0.15) is 11.4 Å². The van der Waals surface area contributed by atoms with Gasteiger partial charge in [-0.25, -0.2) is 4.79 Å². The highest BCUT2D eigenvalue weighted by Gasteiger charge is 2.42. The van der Waals surface area contributed by atoms with Crippen LogP contribution in [0.4, 0.5) is 0 Å². The first-order valence-electron chi connectivity index (χ1n) is 6.03. The number of ether oxygens (including phenoxy) is 1. The molecule has 1 saturated heterocycles. The normalized spacial score (nSPS) is 21.6. The van der Waals surface area contributed by atoms with Gasteiger partial charge in [-0.05, 0) is 6.07 Å². The van der Waals surface area contributed by atoms with Crippen molar-refractivity contribution in [1.29, 1.82) is 0 Å². The number of rotatable bonds is 2. The second-order valence-corrected chi connectivity index (χ2v) is 5.44. The van der Waals surface area contributed by atoms with Crippen molar-refractivity contribution in [3.05, 3.63) is 30.1 Å². The first-order valence-corrected chi connectivity index (χ1v) is 7.08. The Balaban J connectivity index is 2.23. The quantitative estimate of drug-likeness (QED) is 0.601. The van der Waals surface area contributed by atoms with Crippen LogP contribution < -0.4 is 0 Å². The monoisotopic (exact) mass is 294 g/mol. The molecule has 2 rings (SSSR count). The van der Waals surface area contributed by atoms with E-state index >= 15 is 0 Å². The first kappa shape index (κ1) is 14.5. The van der Waals surface area contributed by atoms with Crippen LogP contribution in [0.2, 0.25) is 0 Å². The third-order valence-electron chi connectivity index (χ3n) is 2.85. The van der Waals surface area contributed by atoms with E-state index in [1.165, 1.54) is 23.6 Å². The lowest BCUT2D eigenvalue weighted by Gasteiger charge is -2.26. The highest BCUT2D eigenvalue weighted by molar-refractivity contribution is 7.99. The SMILES string of the molecule is CC(=O)OC(=O)C1CSC(c2cccnc2)N1C(C)=O. The first-order chi connectivity index (χ1) is 9.50. The predicted molar refractivity (Wildman–Crippen MR) is 72.5 cm³/mol. The fourth-order valence-corrected chi connectivity index (χ4v) is 3.51. The molecule has 0 aromatic carbocycles. The molecule has 1 aromatic rings. The van der Waals surface area contributed by atoms with E-state index in [1.807, 2.05) is 6.07 Å². The molecule has 2 unspecified atom stereocenters. The molecule has 1 aromatic heterocycles. The molecule has 0 bridgehead atoms. The van der Waals surface area contributed by atoms with Gasteiger partial charge in [-0.15, -0.1) is 11.8 Å². The summed E-state index contributed by atoms with van der Waals surface area (Å²) in [5.74, 6) is -1.21. The number of carbonyl (C=O) groups excluding carboxylic acids is 3. The largest absolute Gasteiger partial charge is 0.392 e. The lowest BCUT2D eigenvalue weighted by atomic mass is 10.2. The molecule has 2 heterocycles. The van der Waals surface area contributed by atoms with Gasteiger partial charge >= 0.3 is 11.9 Å². The van der Waals surface area contributed by atoms with E-state index in [2.05, 4.69) is 9.72 Å². The summed E-state index contributed by atoms with van der Waals surface area (Å²) in [6.45, 7) is 2.56. The highest BCUT2D eigenvalue weighted by Crippen LogP contribution is 2.41. The number of esters is 2. The number of thioether (sulfide) groups is 1. The molecule has 1 aliphatic heterocycles. The number of carbonyl (C=O) groups is 3. The van der Waals surface area contributed by atoms with Crippen LogP contribution in [-0.2, 0) is 19.1 Å². The van der Waals surface area contributed by atoms with E-state index in [4.69, 9.17) is 0 Å². The van der Waals surface area contributed by atoms with Gasteiger partial charge in [0, 0.05) is 37.6 Å². The van der Waals surface area contributed by atoms with Crippen LogP contribution in [0.1, 0.15) is 24.8 Å². The maximum Gasteiger partial charge on any atom is 0.337 e. The average Bonchev–Trinajstić information content (AvgIpc) is 2.83. The van der Waals surface area contributed by atoms with E-state index in [0.29, 0.717) is 5.75 Å². The van der Waals surface area contributed by atoms with Crippen molar-refractivity contribution in [3.63, 3.8) is 0 Å². The topological polar surface area (TPSA) is 76.6 Å². The van der Waals surface area contributed by atoms with Gasteiger partial charge in [0.05, 0.1) is 0 Å². The zero-order valence-corrected chi connectivity index (χ0v) is 11.9. The molecule has 0 saturated carbocycles. The molecule has 0 spiro atoms. The van der Waals surface area contributed by atoms with Gasteiger partial charge < -0.3 is 9.64 Å². The summed E-state index contributed by atoms with van der Waals surface area (Å²) in [7, 11) is 0.